The molecule has 2 radical (unpaired) electrons. The second kappa shape index (κ2) is 15.9. The van der Waals surface area contributed by atoms with E-state index in [2.05, 4.69) is 80.8 Å². The molecule has 164 valence electrons. The smallest absolute Gasteiger partial charge is 0.0771 e. The molecule has 0 aliphatic carbocycles. The molecule has 0 unspecified atom stereocenters. The average Bonchev–Trinajstić information content (AvgIpc) is 2.99. The fourth-order valence-corrected chi connectivity index (χ4v) is 3.59. The minimum atomic E-state index is -1.19. The van der Waals surface area contributed by atoms with Crippen molar-refractivity contribution in [1.29, 1.82) is 0 Å². The molecule has 0 aliphatic rings. The summed E-state index contributed by atoms with van der Waals surface area (Å²) in [4.78, 5) is 0. The van der Waals surface area contributed by atoms with Crippen LogP contribution in [0.2, 0.25) is 32.2 Å². The average molecular weight is 560 g/mol. The minimum Gasteiger partial charge on any atom is -0.126 e. The van der Waals surface area contributed by atoms with Crippen molar-refractivity contribution in [1.82, 2.24) is 0 Å². The van der Waals surface area contributed by atoms with Crippen LogP contribution >= 0.6 is 17.0 Å². The van der Waals surface area contributed by atoms with Crippen molar-refractivity contribution in [2.75, 3.05) is 6.61 Å². The summed E-state index contributed by atoms with van der Waals surface area (Å²) < 4.78 is 5.62. The Morgan fingerprint density at radius 2 is 1.33 bits per heavy atom. The number of rotatable bonds is 4. The first-order chi connectivity index (χ1) is 13.9. The molecular weight excluding hydrogens is 525 g/mol. The molecule has 0 spiro atoms. The number of nitrogens with one attached hydrogen (secondary N) is 1. The van der Waals surface area contributed by atoms with Gasteiger partial charge in [-0.25, -0.2) is 0 Å². The zero-order valence-electron chi connectivity index (χ0n) is 19.3. The van der Waals surface area contributed by atoms with Gasteiger partial charge < -0.3 is 10.2 Å². The topological polar surface area (TPSA) is 33.0 Å². The monoisotopic (exact) mass is 557 g/mol. The zero-order valence-corrected chi connectivity index (χ0v) is 25.2. The molecular formula is C23H35Cl2NOSi2Zr. The summed E-state index contributed by atoms with van der Waals surface area (Å²) in [5.41, 5.74) is 6.69. The molecule has 7 heteroatoms. The van der Waals surface area contributed by atoms with E-state index in [9.17, 15) is 0 Å². The molecule has 0 saturated heterocycles. The van der Waals surface area contributed by atoms with Crippen LogP contribution in [0.3, 0.4) is 0 Å². The van der Waals surface area contributed by atoms with Crippen LogP contribution in [0.4, 0.5) is 0 Å². The van der Waals surface area contributed by atoms with Crippen LogP contribution in [-0.2, 0) is 25.3 Å². The number of fused-ring (bicyclic) bond motifs is 3. The van der Waals surface area contributed by atoms with Crippen molar-refractivity contribution < 1.29 is 25.3 Å². The van der Waals surface area contributed by atoms with Crippen LogP contribution in [0.5, 0.6) is 0 Å². The SMILES string of the molecule is CC(C)(C)[NH-].C[Si]CCO[Si](C)(C)C.[Cl][Zr+2][Cl].c1ccc2c(c1)[cH-]c1ccccc12. The molecule has 30 heavy (non-hydrogen) atoms. The molecule has 0 fully saturated rings. The summed E-state index contributed by atoms with van der Waals surface area (Å²) in [5.74, 6) is 0. The first kappa shape index (κ1) is 30.1. The van der Waals surface area contributed by atoms with Crippen LogP contribution in [0, 0.1) is 0 Å². The van der Waals surface area contributed by atoms with Crippen molar-refractivity contribution in [2.24, 2.45) is 0 Å². The third-order valence-electron chi connectivity index (χ3n) is 3.41. The van der Waals surface area contributed by atoms with Crippen LogP contribution < -0.4 is 0 Å². The van der Waals surface area contributed by atoms with Gasteiger partial charge in [-0.15, -0.1) is 45.3 Å². The summed E-state index contributed by atoms with van der Waals surface area (Å²) >= 11 is -0.826. The summed E-state index contributed by atoms with van der Waals surface area (Å²) in [5, 5.41) is 5.39. The Bertz CT molecular complexity index is 773. The van der Waals surface area contributed by atoms with Crippen molar-refractivity contribution >= 4 is 56.4 Å². The molecule has 3 rings (SSSR count). The summed E-state index contributed by atoms with van der Waals surface area (Å²) in [6.07, 6.45) is 0. The summed E-state index contributed by atoms with van der Waals surface area (Å²) in [7, 11) is 9.72. The molecule has 0 amide bonds. The van der Waals surface area contributed by atoms with E-state index < -0.39 is 29.2 Å². The standard InChI is InChI=1S/C13H9.C6H16OSi2.C4H10N.2ClH.Zr/c1-3-7-12-10(5-1)9-11-6-2-4-8-13(11)12;1-8-6-5-7-9(2,3)4;1-4(2,3)5;;;/h1-9H;5-6H2,1-4H3;5H,1-3H3;2*1H;/q-1;;-1;;;+4/p-2. The third kappa shape index (κ3) is 15.9. The van der Waals surface area contributed by atoms with Gasteiger partial charge in [0.1, 0.15) is 0 Å². The summed E-state index contributed by atoms with van der Waals surface area (Å²) in [6, 6.07) is 20.5. The van der Waals surface area contributed by atoms with Crippen LogP contribution in [0.1, 0.15) is 20.8 Å². The van der Waals surface area contributed by atoms with Crippen LogP contribution in [0.15, 0.2) is 54.6 Å². The Hall–Kier alpha value is 0.127. The maximum atomic E-state index is 6.94. The molecule has 0 saturated carbocycles. The van der Waals surface area contributed by atoms with Gasteiger partial charge in [0.2, 0.25) is 0 Å². The van der Waals surface area contributed by atoms with Crippen molar-refractivity contribution in [3.8, 4) is 0 Å². The van der Waals surface area contributed by atoms with Gasteiger partial charge in [0.05, 0.1) is 0 Å². The van der Waals surface area contributed by atoms with E-state index in [-0.39, 0.29) is 5.54 Å². The van der Waals surface area contributed by atoms with Crippen LogP contribution in [-0.4, -0.2) is 30.0 Å². The molecule has 3 aromatic carbocycles. The van der Waals surface area contributed by atoms with Crippen molar-refractivity contribution in [2.45, 2.75) is 58.5 Å². The van der Waals surface area contributed by atoms with Crippen molar-refractivity contribution in [3.05, 3.63) is 60.3 Å². The van der Waals surface area contributed by atoms with E-state index in [1.807, 2.05) is 20.8 Å². The zero-order chi connectivity index (χ0) is 23.2. The first-order valence-corrected chi connectivity index (χ1v) is 21.4. The molecule has 0 aliphatic heterocycles. The van der Waals surface area contributed by atoms with E-state index in [1.54, 1.807) is 0 Å². The Balaban J connectivity index is 0.000000434. The van der Waals surface area contributed by atoms with Gasteiger partial charge in [0, 0.05) is 16.1 Å². The van der Waals surface area contributed by atoms with Gasteiger partial charge in [-0.05, 0) is 25.7 Å². The molecule has 0 bridgehead atoms. The fourth-order valence-electron chi connectivity index (χ4n) is 2.36. The van der Waals surface area contributed by atoms with Gasteiger partial charge in [0.15, 0.2) is 8.32 Å². The second-order valence-corrected chi connectivity index (χ2v) is 18.2. The van der Waals surface area contributed by atoms with Crippen LogP contribution in [0.25, 0.3) is 27.3 Å². The van der Waals surface area contributed by atoms with E-state index in [0.717, 1.165) is 16.1 Å². The predicted octanol–water partition coefficient (Wildman–Crippen LogP) is 8.93. The van der Waals surface area contributed by atoms with Gasteiger partial charge in [-0.1, -0.05) is 63.7 Å². The molecule has 0 atom stereocenters. The maximum Gasteiger partial charge on any atom is -0.0771 e. The second-order valence-electron chi connectivity index (χ2n) is 8.70. The number of benzene rings is 2. The normalized spacial score (nSPS) is 10.7. The van der Waals surface area contributed by atoms with Gasteiger partial charge >= 0.3 is 37.9 Å². The van der Waals surface area contributed by atoms with E-state index in [0.29, 0.717) is 0 Å². The maximum absolute atomic E-state index is 6.94. The number of halogens is 2. The Morgan fingerprint density at radius 3 is 1.67 bits per heavy atom. The Kier molecular flexibility index (Phi) is 15.9. The molecule has 3 aromatic rings. The molecule has 2 nitrogen and oxygen atoms in total. The molecule has 1 N–H and O–H groups in total. The van der Waals surface area contributed by atoms with E-state index >= 15 is 0 Å². The first-order valence-electron chi connectivity index (χ1n) is 9.96. The van der Waals surface area contributed by atoms with Gasteiger partial charge in [-0.2, -0.15) is 0 Å². The molecule has 0 heterocycles. The number of hydrogen-bond acceptors (Lipinski definition) is 1. The molecule has 0 aromatic heterocycles. The minimum absolute atomic E-state index is 0.250. The Morgan fingerprint density at radius 1 is 0.967 bits per heavy atom. The quantitative estimate of drug-likeness (QED) is 0.178. The van der Waals surface area contributed by atoms with Gasteiger partial charge in [0.25, 0.3) is 0 Å². The van der Waals surface area contributed by atoms with E-state index in [4.69, 9.17) is 27.2 Å². The Labute approximate surface area is 205 Å². The number of hydrogen-bond donors (Lipinski definition) is 0. The fraction of sp³-hybridized carbons (Fsp3) is 0.435. The largest absolute Gasteiger partial charge is 0.126 e. The predicted molar refractivity (Wildman–Crippen MR) is 139 cm³/mol. The van der Waals surface area contributed by atoms with Gasteiger partial charge in [-0.3, -0.25) is 0 Å². The third-order valence-corrected chi connectivity index (χ3v) is 5.18. The van der Waals surface area contributed by atoms with Crippen molar-refractivity contribution in [3.63, 3.8) is 0 Å². The summed E-state index contributed by atoms with van der Waals surface area (Å²) in [6.45, 7) is 15.4. The van der Waals surface area contributed by atoms with E-state index in [1.165, 1.54) is 27.6 Å².